The lowest BCUT2D eigenvalue weighted by atomic mass is 9.75. The van der Waals surface area contributed by atoms with Gasteiger partial charge in [0.15, 0.2) is 0 Å². The highest BCUT2D eigenvalue weighted by molar-refractivity contribution is 6.61. The van der Waals surface area contributed by atoms with Gasteiger partial charge in [0.05, 0.1) is 10.5 Å². The van der Waals surface area contributed by atoms with E-state index < -0.39 is 12.7 Å². The molecule has 7 nitrogen and oxygen atoms in total. The number of hydrogen-bond acceptors (Lipinski definition) is 6. The third kappa shape index (κ3) is 5.43. The van der Waals surface area contributed by atoms with Crippen molar-refractivity contribution in [2.45, 2.75) is 46.1 Å². The van der Waals surface area contributed by atoms with Crippen molar-refractivity contribution >= 4 is 24.0 Å². The summed E-state index contributed by atoms with van der Waals surface area (Å²) in [5.41, 5.74) is 0.206. The lowest BCUT2D eigenvalue weighted by molar-refractivity contribution is -0.384. The molecule has 1 aliphatic heterocycles. The lowest BCUT2D eigenvalue weighted by Crippen LogP contribution is -2.47. The number of rotatable bonds is 7. The van der Waals surface area contributed by atoms with Crippen molar-refractivity contribution in [1.82, 2.24) is 0 Å². The van der Waals surface area contributed by atoms with E-state index in [1.54, 1.807) is 26.0 Å². The van der Waals surface area contributed by atoms with Crippen LogP contribution in [-0.4, -0.2) is 49.1 Å². The summed E-state index contributed by atoms with van der Waals surface area (Å²) in [5, 5.41) is 22.0. The highest BCUT2D eigenvalue weighted by Crippen LogP contribution is 2.35. The van der Waals surface area contributed by atoms with Crippen LogP contribution in [0.1, 0.15) is 40.5 Å². The predicted molar refractivity (Wildman–Crippen MR) is 105 cm³/mol. The second-order valence-corrected chi connectivity index (χ2v) is 9.26. The summed E-state index contributed by atoms with van der Waals surface area (Å²) in [4.78, 5) is 13.3. The Morgan fingerprint density at radius 2 is 1.96 bits per heavy atom. The molecule has 2 fully saturated rings. The molecular formula is C19H29BN2O5. The summed E-state index contributed by atoms with van der Waals surface area (Å²) in [7, 11) is -0.586. The van der Waals surface area contributed by atoms with E-state index in [-0.39, 0.29) is 16.0 Å². The first-order valence-electron chi connectivity index (χ1n) is 9.53. The fourth-order valence-corrected chi connectivity index (χ4v) is 3.31. The minimum Gasteiger partial charge on any atom is -0.407 e. The van der Waals surface area contributed by atoms with Gasteiger partial charge in [0.25, 0.3) is 5.69 Å². The highest BCUT2D eigenvalue weighted by atomic mass is 16.6. The van der Waals surface area contributed by atoms with Crippen LogP contribution in [0.4, 0.5) is 11.4 Å². The molecule has 1 aromatic rings. The number of nitro benzene ring substituents is 1. The Bertz CT molecular complexity index is 690. The summed E-state index contributed by atoms with van der Waals surface area (Å²) < 4.78 is 11.5. The molecule has 1 saturated carbocycles. The quantitative estimate of drug-likeness (QED) is 0.447. The Labute approximate surface area is 160 Å². The molecule has 0 spiro atoms. The molecule has 0 bridgehead atoms. The maximum Gasteiger partial charge on any atom is 0.494 e. The normalized spacial score (nSPS) is 19.8. The Balaban J connectivity index is 1.87. The molecule has 8 heteroatoms. The van der Waals surface area contributed by atoms with Gasteiger partial charge in [0.1, 0.15) is 5.69 Å². The van der Waals surface area contributed by atoms with E-state index in [4.69, 9.17) is 9.31 Å². The average molecular weight is 376 g/mol. The SMILES string of the molecule is CC(C)(O)CN(CC1CC1)c1ccc(B2OCC(C)(C)CO2)cc1[N+](=O)[O-]. The van der Waals surface area contributed by atoms with Gasteiger partial charge in [-0.2, -0.15) is 0 Å². The molecule has 0 unspecified atom stereocenters. The molecule has 0 aromatic heterocycles. The van der Waals surface area contributed by atoms with Crippen LogP contribution in [0.15, 0.2) is 18.2 Å². The number of benzene rings is 1. The fourth-order valence-electron chi connectivity index (χ4n) is 3.31. The second kappa shape index (κ2) is 7.41. The van der Waals surface area contributed by atoms with Crippen LogP contribution in [0.3, 0.4) is 0 Å². The number of hydrogen-bond donors (Lipinski definition) is 1. The number of nitrogens with zero attached hydrogens (tertiary/aromatic N) is 2. The third-order valence-corrected chi connectivity index (χ3v) is 4.81. The molecule has 3 rings (SSSR count). The van der Waals surface area contributed by atoms with E-state index in [0.717, 1.165) is 19.4 Å². The van der Waals surface area contributed by atoms with Crippen LogP contribution in [0.5, 0.6) is 0 Å². The molecule has 1 heterocycles. The fraction of sp³-hybridized carbons (Fsp3) is 0.684. The molecule has 148 valence electrons. The summed E-state index contributed by atoms with van der Waals surface area (Å²) in [6.45, 7) is 9.70. The van der Waals surface area contributed by atoms with Gasteiger partial charge in [-0.15, -0.1) is 0 Å². The van der Waals surface area contributed by atoms with Crippen molar-refractivity contribution in [3.8, 4) is 0 Å². The van der Waals surface area contributed by atoms with Crippen molar-refractivity contribution in [3.63, 3.8) is 0 Å². The summed E-state index contributed by atoms with van der Waals surface area (Å²) in [6, 6.07) is 5.13. The van der Waals surface area contributed by atoms with Gasteiger partial charge in [-0.05, 0) is 44.1 Å². The summed E-state index contributed by atoms with van der Waals surface area (Å²) >= 11 is 0. The zero-order valence-electron chi connectivity index (χ0n) is 16.6. The molecule has 1 N–H and O–H groups in total. The molecule has 1 aromatic carbocycles. The molecule has 0 radical (unpaired) electrons. The largest absolute Gasteiger partial charge is 0.494 e. The molecular weight excluding hydrogens is 347 g/mol. The summed E-state index contributed by atoms with van der Waals surface area (Å²) in [6.07, 6.45) is 2.27. The Kier molecular flexibility index (Phi) is 5.52. The van der Waals surface area contributed by atoms with Gasteiger partial charge in [0, 0.05) is 37.8 Å². The van der Waals surface area contributed by atoms with E-state index >= 15 is 0 Å². The number of aliphatic hydroxyl groups is 1. The van der Waals surface area contributed by atoms with Crippen molar-refractivity contribution in [2.75, 3.05) is 31.2 Å². The van der Waals surface area contributed by atoms with E-state index in [9.17, 15) is 15.2 Å². The van der Waals surface area contributed by atoms with Gasteiger partial charge in [-0.25, -0.2) is 0 Å². The Morgan fingerprint density at radius 3 is 2.48 bits per heavy atom. The monoisotopic (exact) mass is 376 g/mol. The van der Waals surface area contributed by atoms with Crippen molar-refractivity contribution < 1.29 is 19.3 Å². The van der Waals surface area contributed by atoms with Gasteiger partial charge in [0.2, 0.25) is 0 Å². The minimum atomic E-state index is -0.942. The van der Waals surface area contributed by atoms with E-state index in [1.165, 1.54) is 0 Å². The van der Waals surface area contributed by atoms with Gasteiger partial charge in [-0.1, -0.05) is 19.9 Å². The van der Waals surface area contributed by atoms with Gasteiger partial charge >= 0.3 is 7.12 Å². The summed E-state index contributed by atoms with van der Waals surface area (Å²) in [5.74, 6) is 0.541. The third-order valence-electron chi connectivity index (χ3n) is 4.81. The molecule has 0 atom stereocenters. The van der Waals surface area contributed by atoms with Gasteiger partial charge in [-0.3, -0.25) is 10.1 Å². The maximum atomic E-state index is 11.8. The second-order valence-electron chi connectivity index (χ2n) is 9.26. The number of anilines is 1. The molecule has 0 amide bonds. The van der Waals surface area contributed by atoms with Crippen LogP contribution in [-0.2, 0) is 9.31 Å². The van der Waals surface area contributed by atoms with Crippen LogP contribution in [0, 0.1) is 21.4 Å². The first-order valence-corrected chi connectivity index (χ1v) is 9.53. The van der Waals surface area contributed by atoms with Crippen LogP contribution in [0.2, 0.25) is 0 Å². The number of nitro groups is 1. The molecule has 1 aliphatic carbocycles. The topological polar surface area (TPSA) is 85.1 Å². The van der Waals surface area contributed by atoms with E-state index in [0.29, 0.717) is 36.8 Å². The van der Waals surface area contributed by atoms with Gasteiger partial charge < -0.3 is 19.3 Å². The van der Waals surface area contributed by atoms with Crippen molar-refractivity contribution in [1.29, 1.82) is 0 Å². The molecule has 1 saturated heterocycles. The van der Waals surface area contributed by atoms with Crippen molar-refractivity contribution in [2.24, 2.45) is 11.3 Å². The average Bonchev–Trinajstić information content (AvgIpc) is 3.36. The van der Waals surface area contributed by atoms with Crippen LogP contribution in [0.25, 0.3) is 0 Å². The lowest BCUT2D eigenvalue weighted by Gasteiger charge is -2.33. The van der Waals surface area contributed by atoms with Crippen molar-refractivity contribution in [3.05, 3.63) is 28.3 Å². The van der Waals surface area contributed by atoms with Crippen LogP contribution >= 0.6 is 0 Å². The Morgan fingerprint density at radius 1 is 1.33 bits per heavy atom. The minimum absolute atomic E-state index is 0.0226. The predicted octanol–water partition coefficient (Wildman–Crippen LogP) is 2.35. The highest BCUT2D eigenvalue weighted by Gasteiger charge is 2.36. The zero-order valence-corrected chi connectivity index (χ0v) is 16.6. The Hall–Kier alpha value is -1.64. The zero-order chi connectivity index (χ0) is 19.8. The first-order chi connectivity index (χ1) is 12.5. The standard InChI is InChI=1S/C19H29BN2O5/c1-18(2)12-26-20(27-13-18)15-7-8-16(17(9-15)22(24)25)21(10-14-5-6-14)11-19(3,4)23/h7-9,14,23H,5-6,10-13H2,1-4H3. The maximum absolute atomic E-state index is 11.8. The smallest absolute Gasteiger partial charge is 0.407 e. The first kappa shape index (κ1) is 20.1. The van der Waals surface area contributed by atoms with E-state index in [1.807, 2.05) is 11.0 Å². The molecule has 27 heavy (non-hydrogen) atoms. The molecule has 2 aliphatic rings. The van der Waals surface area contributed by atoms with E-state index in [2.05, 4.69) is 13.8 Å². The van der Waals surface area contributed by atoms with Crippen LogP contribution < -0.4 is 10.4 Å².